The molecule has 0 unspecified atom stereocenters. The Kier molecular flexibility index (Phi) is 7.72. The number of carboxylic acid groups (broad SMARTS) is 1. The van der Waals surface area contributed by atoms with E-state index in [0.29, 0.717) is 47.0 Å². The number of benzene rings is 2. The molecule has 7 nitrogen and oxygen atoms in total. The first-order valence-corrected chi connectivity index (χ1v) is 10.9. The molecule has 1 aliphatic rings. The third-order valence-electron chi connectivity index (χ3n) is 4.44. The second kappa shape index (κ2) is 10.7. The normalized spacial score (nSPS) is 15.9. The van der Waals surface area contributed by atoms with Crippen molar-refractivity contribution in [2.75, 3.05) is 19.8 Å². The van der Waals surface area contributed by atoms with Gasteiger partial charge in [-0.25, -0.2) is 9.79 Å². The Morgan fingerprint density at radius 1 is 1.19 bits per heavy atom. The molecular weight excluding hydrogens is 428 g/mol. The molecule has 0 spiro atoms. The van der Waals surface area contributed by atoms with Gasteiger partial charge in [0.2, 0.25) is 0 Å². The zero-order valence-electron chi connectivity index (χ0n) is 17.9. The fourth-order valence-electron chi connectivity index (χ4n) is 2.99. The number of amidine groups is 1. The van der Waals surface area contributed by atoms with E-state index in [2.05, 4.69) is 11.6 Å². The molecular formula is C24H24N2O5S. The molecule has 3 rings (SSSR count). The molecule has 0 aromatic heterocycles. The van der Waals surface area contributed by atoms with E-state index in [-0.39, 0.29) is 11.5 Å². The van der Waals surface area contributed by atoms with Crippen molar-refractivity contribution in [2.45, 2.75) is 13.8 Å². The highest BCUT2D eigenvalue weighted by Crippen LogP contribution is 2.36. The number of carboxylic acids is 1. The highest BCUT2D eigenvalue weighted by Gasteiger charge is 2.32. The minimum absolute atomic E-state index is 0.141. The molecule has 8 heteroatoms. The Labute approximate surface area is 191 Å². The second-order valence-electron chi connectivity index (χ2n) is 6.65. The summed E-state index contributed by atoms with van der Waals surface area (Å²) in [4.78, 5) is 30.8. The maximum Gasteiger partial charge on any atom is 0.335 e. The molecule has 0 atom stereocenters. The number of aromatic carboxylic acids is 1. The van der Waals surface area contributed by atoms with Crippen LogP contribution in [0.4, 0.5) is 5.69 Å². The summed E-state index contributed by atoms with van der Waals surface area (Å²) in [5.74, 6) is 0.0113. The van der Waals surface area contributed by atoms with Gasteiger partial charge in [-0.15, -0.1) is 0 Å². The van der Waals surface area contributed by atoms with E-state index < -0.39 is 5.97 Å². The lowest BCUT2D eigenvalue weighted by molar-refractivity contribution is -0.122. The van der Waals surface area contributed by atoms with Crippen LogP contribution in [0.2, 0.25) is 0 Å². The van der Waals surface area contributed by atoms with Gasteiger partial charge in [0.05, 0.1) is 22.8 Å². The minimum Gasteiger partial charge on any atom is -0.490 e. The summed E-state index contributed by atoms with van der Waals surface area (Å²) in [6, 6.07) is 11.8. The molecule has 1 fully saturated rings. The standard InChI is InChI=1S/C24H24N2O5S/c1-4-12-31-19-11-10-16(13-20(19)30-6-3)14-21-22(27)26(5-2)24(32-21)25-18-9-7-8-17(15-18)23(28)29/h4,7-11,13-15H,1,5-6,12H2,2-3H3,(H,28,29)/b21-14-,25-24?. The van der Waals surface area contributed by atoms with E-state index in [0.717, 1.165) is 5.56 Å². The number of likely N-dealkylation sites (N-methyl/N-ethyl adjacent to an activating group) is 1. The summed E-state index contributed by atoms with van der Waals surface area (Å²) >= 11 is 1.25. The van der Waals surface area contributed by atoms with Gasteiger partial charge in [0.1, 0.15) is 6.61 Å². The molecule has 0 saturated carbocycles. The Bertz CT molecular complexity index is 1090. The third kappa shape index (κ3) is 5.39. The van der Waals surface area contributed by atoms with Crippen LogP contribution < -0.4 is 9.47 Å². The maximum atomic E-state index is 12.9. The van der Waals surface area contributed by atoms with Gasteiger partial charge in [-0.05, 0) is 67.6 Å². The average molecular weight is 453 g/mol. The fourth-order valence-corrected chi connectivity index (χ4v) is 4.05. The number of amides is 1. The zero-order chi connectivity index (χ0) is 23.1. The Morgan fingerprint density at radius 3 is 2.69 bits per heavy atom. The van der Waals surface area contributed by atoms with Crippen LogP contribution >= 0.6 is 11.8 Å². The number of hydrogen-bond acceptors (Lipinski definition) is 6. The van der Waals surface area contributed by atoms with Crippen molar-refractivity contribution in [3.05, 3.63) is 71.2 Å². The van der Waals surface area contributed by atoms with Crippen LogP contribution in [0.5, 0.6) is 11.5 Å². The lowest BCUT2D eigenvalue weighted by Gasteiger charge is -2.12. The highest BCUT2D eigenvalue weighted by atomic mass is 32.2. The molecule has 1 heterocycles. The molecule has 2 aromatic rings. The Balaban J connectivity index is 1.91. The lowest BCUT2D eigenvalue weighted by atomic mass is 10.2. The van der Waals surface area contributed by atoms with Gasteiger partial charge in [-0.3, -0.25) is 9.69 Å². The van der Waals surface area contributed by atoms with Crippen LogP contribution in [0, 0.1) is 0 Å². The predicted octanol–water partition coefficient (Wildman–Crippen LogP) is 4.97. The molecule has 1 aliphatic heterocycles. The van der Waals surface area contributed by atoms with Gasteiger partial charge >= 0.3 is 5.97 Å². The first-order valence-electron chi connectivity index (χ1n) is 10.1. The molecule has 1 amide bonds. The molecule has 166 valence electrons. The summed E-state index contributed by atoms with van der Waals surface area (Å²) in [5, 5.41) is 9.70. The summed E-state index contributed by atoms with van der Waals surface area (Å²) in [6.07, 6.45) is 3.44. The molecule has 0 bridgehead atoms. The zero-order valence-corrected chi connectivity index (χ0v) is 18.7. The number of hydrogen-bond donors (Lipinski definition) is 1. The molecule has 1 saturated heterocycles. The van der Waals surface area contributed by atoms with Gasteiger partial charge in [0.15, 0.2) is 16.7 Å². The van der Waals surface area contributed by atoms with Gasteiger partial charge < -0.3 is 14.6 Å². The van der Waals surface area contributed by atoms with Gasteiger partial charge in [0, 0.05) is 6.54 Å². The predicted molar refractivity (Wildman–Crippen MR) is 127 cm³/mol. The highest BCUT2D eigenvalue weighted by molar-refractivity contribution is 8.18. The first-order chi connectivity index (χ1) is 15.5. The van der Waals surface area contributed by atoms with Gasteiger partial charge in [0.25, 0.3) is 5.91 Å². The summed E-state index contributed by atoms with van der Waals surface area (Å²) in [5.41, 5.74) is 1.41. The van der Waals surface area contributed by atoms with Crippen LogP contribution in [0.15, 0.2) is 65.0 Å². The molecule has 2 aromatic carbocycles. The van der Waals surface area contributed by atoms with Crippen molar-refractivity contribution in [1.82, 2.24) is 4.90 Å². The second-order valence-corrected chi connectivity index (χ2v) is 7.66. The molecule has 0 radical (unpaired) electrons. The van der Waals surface area contributed by atoms with E-state index in [4.69, 9.17) is 9.47 Å². The smallest absolute Gasteiger partial charge is 0.335 e. The van der Waals surface area contributed by atoms with Crippen molar-refractivity contribution in [1.29, 1.82) is 0 Å². The van der Waals surface area contributed by atoms with Gasteiger partial charge in [-0.1, -0.05) is 24.8 Å². The van der Waals surface area contributed by atoms with Crippen LogP contribution in [0.1, 0.15) is 29.8 Å². The summed E-state index contributed by atoms with van der Waals surface area (Å²) < 4.78 is 11.3. The van der Waals surface area contributed by atoms with E-state index >= 15 is 0 Å². The summed E-state index contributed by atoms with van der Waals surface area (Å²) in [6.45, 7) is 8.69. The number of carbonyl (C=O) groups excluding carboxylic acids is 1. The maximum absolute atomic E-state index is 12.9. The Hall–Kier alpha value is -3.52. The number of carbonyl (C=O) groups is 2. The molecule has 0 aliphatic carbocycles. The van der Waals surface area contributed by atoms with Crippen LogP contribution in [0.3, 0.4) is 0 Å². The topological polar surface area (TPSA) is 88.4 Å². The van der Waals surface area contributed by atoms with Crippen molar-refractivity contribution < 1.29 is 24.2 Å². The average Bonchev–Trinajstić information content (AvgIpc) is 3.07. The lowest BCUT2D eigenvalue weighted by Crippen LogP contribution is -2.28. The van der Waals surface area contributed by atoms with Crippen molar-refractivity contribution >= 4 is 40.6 Å². The van der Waals surface area contributed by atoms with E-state index in [1.165, 1.54) is 23.9 Å². The monoisotopic (exact) mass is 452 g/mol. The minimum atomic E-state index is -1.03. The SMILES string of the molecule is C=CCOc1ccc(/C=C2\SC(=Nc3cccc(C(=O)O)c3)N(CC)C2=O)cc1OCC. The van der Waals surface area contributed by atoms with Crippen molar-refractivity contribution in [2.24, 2.45) is 4.99 Å². The molecule has 1 N–H and O–H groups in total. The number of nitrogens with zero attached hydrogens (tertiary/aromatic N) is 2. The summed E-state index contributed by atoms with van der Waals surface area (Å²) in [7, 11) is 0. The van der Waals surface area contributed by atoms with Crippen LogP contribution in [-0.2, 0) is 4.79 Å². The van der Waals surface area contributed by atoms with Crippen molar-refractivity contribution in [3.63, 3.8) is 0 Å². The number of ether oxygens (including phenoxy) is 2. The van der Waals surface area contributed by atoms with E-state index in [1.807, 2.05) is 26.0 Å². The van der Waals surface area contributed by atoms with Gasteiger partial charge in [-0.2, -0.15) is 0 Å². The van der Waals surface area contributed by atoms with Crippen molar-refractivity contribution in [3.8, 4) is 11.5 Å². The Morgan fingerprint density at radius 2 is 2.00 bits per heavy atom. The third-order valence-corrected chi connectivity index (χ3v) is 5.45. The molecule has 32 heavy (non-hydrogen) atoms. The van der Waals surface area contributed by atoms with E-state index in [9.17, 15) is 14.7 Å². The fraction of sp³-hybridized carbons (Fsp3) is 0.208. The van der Waals surface area contributed by atoms with Crippen LogP contribution in [-0.4, -0.2) is 46.8 Å². The first kappa shape index (κ1) is 23.1. The number of rotatable bonds is 9. The number of thioether (sulfide) groups is 1. The van der Waals surface area contributed by atoms with E-state index in [1.54, 1.807) is 35.3 Å². The largest absolute Gasteiger partial charge is 0.490 e. The van der Waals surface area contributed by atoms with Crippen LogP contribution in [0.25, 0.3) is 6.08 Å². The quantitative estimate of drug-likeness (QED) is 0.427. The number of aliphatic imine (C=N–C) groups is 1.